The van der Waals surface area contributed by atoms with Crippen LogP contribution in [-0.2, 0) is 27.5 Å². The molecule has 0 fully saturated rings. The molecule has 0 saturated carbocycles. The number of rotatable bonds is 5. The Morgan fingerprint density at radius 3 is 2.70 bits per heavy atom. The Morgan fingerprint density at radius 1 is 1.33 bits per heavy atom. The van der Waals surface area contributed by atoms with Crippen LogP contribution in [-0.4, -0.2) is 20.1 Å². The maximum atomic E-state index is 12.4. The summed E-state index contributed by atoms with van der Waals surface area (Å²) in [5.41, 5.74) is 2.56. The van der Waals surface area contributed by atoms with Crippen LogP contribution < -0.4 is 5.32 Å². The van der Waals surface area contributed by atoms with Gasteiger partial charge >= 0.3 is 0 Å². The molecule has 142 valence electrons. The Hall–Kier alpha value is -2.17. The van der Waals surface area contributed by atoms with Gasteiger partial charge in [0, 0.05) is 11.3 Å². The maximum Gasteiger partial charge on any atom is 0.226 e. The fraction of sp³-hybridized carbons (Fsp3) is 0.400. The summed E-state index contributed by atoms with van der Waals surface area (Å²) in [5, 5.41) is 12.8. The topological polar surface area (TPSA) is 87.0 Å². The normalized spacial score (nSPS) is 16.4. The zero-order valence-corrected chi connectivity index (χ0v) is 17.0. The van der Waals surface area contributed by atoms with Crippen molar-refractivity contribution in [3.8, 4) is 6.07 Å². The first kappa shape index (κ1) is 19.6. The number of carbonyl (C=O) groups is 1. The molecule has 1 atom stereocenters. The number of carbonyl (C=O) groups excluding carboxylic acids is 1. The van der Waals surface area contributed by atoms with E-state index in [1.165, 1.54) is 11.3 Å². The van der Waals surface area contributed by atoms with Gasteiger partial charge < -0.3 is 5.32 Å². The second-order valence-corrected chi connectivity index (χ2v) is 10.3. The summed E-state index contributed by atoms with van der Waals surface area (Å²) >= 11 is 1.45. The molecule has 27 heavy (non-hydrogen) atoms. The standard InChI is InChI=1S/C20H22N2O3S2/c1-13-3-6-15(7-4-13)27(24,25)10-9-19(23)22-20-17(12-21)16-8-5-14(2)11-18(16)26-20/h3-4,6-7,14H,5,8-11H2,1-2H3,(H,22,23)/t14-/m1/s1. The van der Waals surface area contributed by atoms with Crippen molar-refractivity contribution >= 4 is 32.1 Å². The van der Waals surface area contributed by atoms with E-state index < -0.39 is 9.84 Å². The van der Waals surface area contributed by atoms with Crippen LogP contribution >= 0.6 is 11.3 Å². The van der Waals surface area contributed by atoms with Gasteiger partial charge in [0.25, 0.3) is 0 Å². The highest BCUT2D eigenvalue weighted by Gasteiger charge is 2.25. The van der Waals surface area contributed by atoms with Crippen molar-refractivity contribution in [3.05, 3.63) is 45.8 Å². The molecule has 3 rings (SSSR count). The van der Waals surface area contributed by atoms with Crippen LogP contribution in [0.1, 0.15) is 41.3 Å². The van der Waals surface area contributed by atoms with Crippen molar-refractivity contribution in [2.75, 3.05) is 11.1 Å². The number of fused-ring (bicyclic) bond motifs is 1. The minimum atomic E-state index is -3.51. The molecule has 0 aliphatic heterocycles. The summed E-state index contributed by atoms with van der Waals surface area (Å²) in [7, 11) is -3.51. The minimum Gasteiger partial charge on any atom is -0.317 e. The summed E-state index contributed by atoms with van der Waals surface area (Å²) in [4.78, 5) is 13.7. The summed E-state index contributed by atoms with van der Waals surface area (Å²) in [6.07, 6.45) is 2.68. The molecule has 0 saturated heterocycles. The lowest BCUT2D eigenvalue weighted by Gasteiger charge is -2.17. The van der Waals surface area contributed by atoms with Gasteiger partial charge in [0.1, 0.15) is 11.1 Å². The Labute approximate surface area is 164 Å². The number of hydrogen-bond acceptors (Lipinski definition) is 5. The van der Waals surface area contributed by atoms with Gasteiger partial charge in [-0.05, 0) is 49.8 Å². The van der Waals surface area contributed by atoms with E-state index in [0.29, 0.717) is 16.5 Å². The molecular weight excluding hydrogens is 380 g/mol. The highest BCUT2D eigenvalue weighted by atomic mass is 32.2. The average molecular weight is 403 g/mol. The molecule has 1 aliphatic carbocycles. The van der Waals surface area contributed by atoms with Gasteiger partial charge in [0.15, 0.2) is 9.84 Å². The number of thiophene rings is 1. The number of nitriles is 1. The van der Waals surface area contributed by atoms with Crippen molar-refractivity contribution < 1.29 is 13.2 Å². The molecule has 0 radical (unpaired) electrons. The van der Waals surface area contributed by atoms with Crippen molar-refractivity contribution in [2.24, 2.45) is 5.92 Å². The van der Waals surface area contributed by atoms with Gasteiger partial charge in [-0.3, -0.25) is 4.79 Å². The minimum absolute atomic E-state index is 0.139. The summed E-state index contributed by atoms with van der Waals surface area (Å²) in [5.74, 6) is -0.0638. The smallest absolute Gasteiger partial charge is 0.226 e. The van der Waals surface area contributed by atoms with E-state index in [0.717, 1.165) is 35.3 Å². The predicted octanol–water partition coefficient (Wildman–Crippen LogP) is 3.86. The lowest BCUT2D eigenvalue weighted by molar-refractivity contribution is -0.115. The molecule has 1 amide bonds. The number of hydrogen-bond donors (Lipinski definition) is 1. The van der Waals surface area contributed by atoms with Crippen molar-refractivity contribution in [3.63, 3.8) is 0 Å². The quantitative estimate of drug-likeness (QED) is 0.823. The van der Waals surface area contributed by atoms with E-state index in [1.54, 1.807) is 24.3 Å². The van der Waals surface area contributed by atoms with Crippen LogP contribution in [0.4, 0.5) is 5.00 Å². The number of amides is 1. The van der Waals surface area contributed by atoms with Gasteiger partial charge in [-0.1, -0.05) is 24.6 Å². The Balaban J connectivity index is 1.68. The van der Waals surface area contributed by atoms with E-state index in [9.17, 15) is 18.5 Å². The zero-order chi connectivity index (χ0) is 19.6. The molecule has 5 nitrogen and oxygen atoms in total. The summed E-state index contributed by atoms with van der Waals surface area (Å²) in [6, 6.07) is 8.80. The van der Waals surface area contributed by atoms with Crippen LogP contribution in [0, 0.1) is 24.2 Å². The number of sulfone groups is 1. The van der Waals surface area contributed by atoms with Gasteiger partial charge in [-0.25, -0.2) is 8.42 Å². The highest BCUT2D eigenvalue weighted by Crippen LogP contribution is 2.39. The first-order valence-electron chi connectivity index (χ1n) is 8.94. The second kappa shape index (κ2) is 7.83. The third-order valence-corrected chi connectivity index (χ3v) is 7.76. The molecule has 1 N–H and O–H groups in total. The average Bonchev–Trinajstić information content (AvgIpc) is 2.96. The largest absolute Gasteiger partial charge is 0.317 e. The van der Waals surface area contributed by atoms with Crippen LogP contribution in [0.25, 0.3) is 0 Å². The third kappa shape index (κ3) is 4.40. The van der Waals surface area contributed by atoms with E-state index in [1.807, 2.05) is 6.92 Å². The molecule has 7 heteroatoms. The SMILES string of the molecule is Cc1ccc(S(=O)(=O)CCC(=O)Nc2sc3c(c2C#N)CC[C@@H](C)C3)cc1. The third-order valence-electron chi connectivity index (χ3n) is 4.85. The number of anilines is 1. The summed E-state index contributed by atoms with van der Waals surface area (Å²) < 4.78 is 24.8. The van der Waals surface area contributed by atoms with Crippen LogP contribution in [0.15, 0.2) is 29.2 Å². The van der Waals surface area contributed by atoms with E-state index >= 15 is 0 Å². The monoisotopic (exact) mass is 402 g/mol. The predicted molar refractivity (Wildman–Crippen MR) is 107 cm³/mol. The van der Waals surface area contributed by atoms with E-state index in [2.05, 4.69) is 18.3 Å². The Kier molecular flexibility index (Phi) is 5.68. The Bertz CT molecular complexity index is 999. The molecule has 1 aromatic carbocycles. The van der Waals surface area contributed by atoms with Crippen LogP contribution in [0.5, 0.6) is 0 Å². The highest BCUT2D eigenvalue weighted by molar-refractivity contribution is 7.91. The maximum absolute atomic E-state index is 12.4. The fourth-order valence-corrected chi connectivity index (χ4v) is 5.85. The van der Waals surface area contributed by atoms with Gasteiger partial charge in [0.2, 0.25) is 5.91 Å². The molecule has 1 aliphatic rings. The molecule has 2 aromatic rings. The van der Waals surface area contributed by atoms with Crippen molar-refractivity contribution in [2.45, 2.75) is 44.4 Å². The number of benzene rings is 1. The van der Waals surface area contributed by atoms with Crippen LogP contribution in [0.3, 0.4) is 0 Å². The first-order chi connectivity index (χ1) is 12.8. The van der Waals surface area contributed by atoms with Crippen molar-refractivity contribution in [1.82, 2.24) is 0 Å². The molecule has 0 spiro atoms. The second-order valence-electron chi connectivity index (χ2n) is 7.10. The number of nitrogens with one attached hydrogen (secondary N) is 1. The van der Waals surface area contributed by atoms with Crippen LogP contribution in [0.2, 0.25) is 0 Å². The first-order valence-corrected chi connectivity index (χ1v) is 11.4. The molecule has 0 bridgehead atoms. The van der Waals surface area contributed by atoms with Crippen molar-refractivity contribution in [1.29, 1.82) is 5.26 Å². The van der Waals surface area contributed by atoms with Gasteiger partial charge in [0.05, 0.1) is 16.2 Å². The van der Waals surface area contributed by atoms with E-state index in [4.69, 9.17) is 0 Å². The molecule has 1 aromatic heterocycles. The van der Waals surface area contributed by atoms with Gasteiger partial charge in [-0.15, -0.1) is 11.3 Å². The number of nitrogens with zero attached hydrogens (tertiary/aromatic N) is 1. The summed E-state index contributed by atoms with van der Waals surface area (Å²) in [6.45, 7) is 4.07. The van der Waals surface area contributed by atoms with E-state index in [-0.39, 0.29) is 23.0 Å². The lowest BCUT2D eigenvalue weighted by Crippen LogP contribution is -2.17. The molecule has 1 heterocycles. The molecular formula is C20H22N2O3S2. The zero-order valence-electron chi connectivity index (χ0n) is 15.4. The van der Waals surface area contributed by atoms with Gasteiger partial charge in [-0.2, -0.15) is 5.26 Å². The Morgan fingerprint density at radius 2 is 2.04 bits per heavy atom. The molecule has 0 unspecified atom stereocenters. The number of aryl methyl sites for hydroxylation is 1. The fourth-order valence-electron chi connectivity index (χ4n) is 3.24. The lowest BCUT2D eigenvalue weighted by atomic mass is 9.89.